The van der Waals surface area contributed by atoms with Crippen molar-refractivity contribution in [2.45, 2.75) is 31.2 Å². The molecule has 2 aliphatic heterocycles. The molecule has 0 bridgehead atoms. The van der Waals surface area contributed by atoms with E-state index in [-0.39, 0.29) is 0 Å². The maximum Gasteiger partial charge on any atom is 0.191 e. The van der Waals surface area contributed by atoms with Crippen molar-refractivity contribution in [3.8, 4) is 0 Å². The summed E-state index contributed by atoms with van der Waals surface area (Å²) < 4.78 is 5.45. The van der Waals surface area contributed by atoms with Gasteiger partial charge in [-0.2, -0.15) is 11.8 Å². The van der Waals surface area contributed by atoms with Gasteiger partial charge in [-0.1, -0.05) is 24.3 Å². The van der Waals surface area contributed by atoms with Gasteiger partial charge in [0.05, 0.1) is 13.2 Å². The summed E-state index contributed by atoms with van der Waals surface area (Å²) >= 11 is 2.07. The van der Waals surface area contributed by atoms with Gasteiger partial charge in [0, 0.05) is 45.0 Å². The highest BCUT2D eigenvalue weighted by Crippen LogP contribution is 2.25. The number of nitrogens with zero attached hydrogens (tertiary/aromatic N) is 2. The zero-order chi connectivity index (χ0) is 17.3. The average molecular weight is 363 g/mol. The highest BCUT2D eigenvalue weighted by atomic mass is 32.2. The Morgan fingerprint density at radius 1 is 1.24 bits per heavy atom. The maximum atomic E-state index is 5.45. The third-order valence-corrected chi connectivity index (χ3v) is 6.21. The Kier molecular flexibility index (Phi) is 7.45. The predicted molar refractivity (Wildman–Crippen MR) is 106 cm³/mol. The van der Waals surface area contributed by atoms with E-state index in [2.05, 4.69) is 56.6 Å². The quantitative estimate of drug-likeness (QED) is 0.599. The average Bonchev–Trinajstić information content (AvgIpc) is 3.17. The summed E-state index contributed by atoms with van der Waals surface area (Å²) in [5, 5.41) is 7.68. The van der Waals surface area contributed by atoms with Crippen LogP contribution in [0.5, 0.6) is 0 Å². The minimum atomic E-state index is 0.729. The van der Waals surface area contributed by atoms with Crippen molar-refractivity contribution in [2.24, 2.45) is 4.99 Å². The Balaban J connectivity index is 1.50. The first-order valence-corrected chi connectivity index (χ1v) is 10.3. The fourth-order valence-corrected chi connectivity index (χ4v) is 4.50. The molecule has 2 heterocycles. The standard InChI is InChI=1S/C19H30N4OS/c1-20-19(22-14-18-7-4-12-25-18)21-13-16-5-2-3-6-17(16)15-23-8-10-24-11-9-23/h2-3,5-6,18H,4,7-15H2,1H3,(H2,20,21,22). The van der Waals surface area contributed by atoms with Gasteiger partial charge in [0.25, 0.3) is 0 Å². The number of morpholine rings is 1. The molecule has 2 aliphatic rings. The van der Waals surface area contributed by atoms with Gasteiger partial charge in [-0.05, 0) is 29.7 Å². The Labute approximate surface area is 155 Å². The first-order valence-electron chi connectivity index (χ1n) is 9.28. The van der Waals surface area contributed by atoms with Crippen molar-refractivity contribution in [3.05, 3.63) is 35.4 Å². The van der Waals surface area contributed by atoms with E-state index in [1.54, 1.807) is 0 Å². The second kappa shape index (κ2) is 10.0. The number of thioether (sulfide) groups is 1. The lowest BCUT2D eigenvalue weighted by Gasteiger charge is -2.27. The molecule has 138 valence electrons. The van der Waals surface area contributed by atoms with Crippen LogP contribution in [0.25, 0.3) is 0 Å². The first-order chi connectivity index (χ1) is 12.3. The second-order valence-electron chi connectivity index (χ2n) is 6.60. The second-order valence-corrected chi connectivity index (χ2v) is 8.01. The predicted octanol–water partition coefficient (Wildman–Crippen LogP) is 2.08. The SMILES string of the molecule is CN=C(NCc1ccccc1CN1CCOCC1)NCC1CCCS1. The number of nitrogens with one attached hydrogen (secondary N) is 2. The third kappa shape index (κ3) is 5.90. The van der Waals surface area contributed by atoms with Crippen LogP contribution in [0, 0.1) is 0 Å². The molecule has 1 aromatic carbocycles. The Bertz CT molecular complexity index is 554. The largest absolute Gasteiger partial charge is 0.379 e. The van der Waals surface area contributed by atoms with E-state index in [1.807, 2.05) is 7.05 Å². The smallest absolute Gasteiger partial charge is 0.191 e. The van der Waals surface area contributed by atoms with E-state index in [4.69, 9.17) is 4.74 Å². The number of benzene rings is 1. The van der Waals surface area contributed by atoms with E-state index in [0.29, 0.717) is 0 Å². The van der Waals surface area contributed by atoms with Crippen LogP contribution in [0.15, 0.2) is 29.3 Å². The number of rotatable bonds is 6. The Hall–Kier alpha value is -1.24. The summed E-state index contributed by atoms with van der Waals surface area (Å²) in [6, 6.07) is 8.69. The summed E-state index contributed by atoms with van der Waals surface area (Å²) in [5.41, 5.74) is 2.73. The van der Waals surface area contributed by atoms with Crippen LogP contribution < -0.4 is 10.6 Å². The molecule has 1 atom stereocenters. The van der Waals surface area contributed by atoms with Gasteiger partial charge in [0.1, 0.15) is 0 Å². The zero-order valence-corrected chi connectivity index (χ0v) is 16.0. The topological polar surface area (TPSA) is 48.9 Å². The van der Waals surface area contributed by atoms with Gasteiger partial charge >= 0.3 is 0 Å². The molecule has 2 saturated heterocycles. The highest BCUT2D eigenvalue weighted by Gasteiger charge is 2.16. The number of aliphatic imine (C=N–C) groups is 1. The number of hydrogen-bond donors (Lipinski definition) is 2. The number of guanidine groups is 1. The molecule has 0 saturated carbocycles. The van der Waals surface area contributed by atoms with Crippen LogP contribution in [-0.4, -0.2) is 61.8 Å². The van der Waals surface area contributed by atoms with Crippen LogP contribution in [0.2, 0.25) is 0 Å². The monoisotopic (exact) mass is 362 g/mol. The van der Waals surface area contributed by atoms with Crippen molar-refractivity contribution in [3.63, 3.8) is 0 Å². The first kappa shape index (κ1) is 18.5. The van der Waals surface area contributed by atoms with Crippen molar-refractivity contribution in [1.29, 1.82) is 0 Å². The lowest BCUT2D eigenvalue weighted by atomic mass is 10.1. The summed E-state index contributed by atoms with van der Waals surface area (Å²) in [6.07, 6.45) is 2.66. The Morgan fingerprint density at radius 2 is 2.04 bits per heavy atom. The molecule has 0 radical (unpaired) electrons. The minimum Gasteiger partial charge on any atom is -0.379 e. The molecule has 2 fully saturated rings. The number of hydrogen-bond acceptors (Lipinski definition) is 4. The van der Waals surface area contributed by atoms with Crippen LogP contribution in [0.1, 0.15) is 24.0 Å². The third-order valence-electron chi connectivity index (χ3n) is 4.81. The van der Waals surface area contributed by atoms with Gasteiger partial charge in [-0.3, -0.25) is 9.89 Å². The molecule has 25 heavy (non-hydrogen) atoms. The van der Waals surface area contributed by atoms with Gasteiger partial charge in [0.15, 0.2) is 5.96 Å². The van der Waals surface area contributed by atoms with Crippen molar-refractivity contribution in [1.82, 2.24) is 15.5 Å². The molecule has 5 nitrogen and oxygen atoms in total. The summed E-state index contributed by atoms with van der Waals surface area (Å²) in [7, 11) is 1.84. The molecule has 0 aliphatic carbocycles. The Morgan fingerprint density at radius 3 is 2.76 bits per heavy atom. The van der Waals surface area contributed by atoms with Crippen molar-refractivity contribution in [2.75, 3.05) is 45.6 Å². The number of ether oxygens (including phenoxy) is 1. The molecule has 0 aromatic heterocycles. The lowest BCUT2D eigenvalue weighted by Crippen LogP contribution is -2.40. The van der Waals surface area contributed by atoms with Crippen LogP contribution >= 0.6 is 11.8 Å². The van der Waals surface area contributed by atoms with Gasteiger partial charge in [-0.25, -0.2) is 0 Å². The molecular formula is C19H30N4OS. The van der Waals surface area contributed by atoms with E-state index in [0.717, 1.165) is 57.1 Å². The van der Waals surface area contributed by atoms with Crippen LogP contribution in [0.4, 0.5) is 0 Å². The van der Waals surface area contributed by atoms with Crippen molar-refractivity contribution >= 4 is 17.7 Å². The molecule has 3 rings (SSSR count). The molecule has 6 heteroatoms. The van der Waals surface area contributed by atoms with E-state index in [1.165, 1.54) is 29.7 Å². The fraction of sp³-hybridized carbons (Fsp3) is 0.632. The van der Waals surface area contributed by atoms with Gasteiger partial charge < -0.3 is 15.4 Å². The molecule has 0 amide bonds. The van der Waals surface area contributed by atoms with Crippen LogP contribution in [0.3, 0.4) is 0 Å². The van der Waals surface area contributed by atoms with Crippen LogP contribution in [-0.2, 0) is 17.8 Å². The summed E-state index contributed by atoms with van der Waals surface area (Å²) in [4.78, 5) is 6.83. The molecule has 1 unspecified atom stereocenters. The normalized spacial score (nSPS) is 22.1. The summed E-state index contributed by atoms with van der Waals surface area (Å²) in [5.74, 6) is 2.20. The van der Waals surface area contributed by atoms with E-state index >= 15 is 0 Å². The van der Waals surface area contributed by atoms with Gasteiger partial charge in [-0.15, -0.1) is 0 Å². The molecule has 0 spiro atoms. The lowest BCUT2D eigenvalue weighted by molar-refractivity contribution is 0.0341. The highest BCUT2D eigenvalue weighted by molar-refractivity contribution is 8.00. The zero-order valence-electron chi connectivity index (χ0n) is 15.2. The molecule has 2 N–H and O–H groups in total. The van der Waals surface area contributed by atoms with Gasteiger partial charge in [0.2, 0.25) is 0 Å². The van der Waals surface area contributed by atoms with E-state index < -0.39 is 0 Å². The van der Waals surface area contributed by atoms with E-state index in [9.17, 15) is 0 Å². The molecule has 1 aromatic rings. The van der Waals surface area contributed by atoms with Crippen molar-refractivity contribution < 1.29 is 4.74 Å². The fourth-order valence-electron chi connectivity index (χ4n) is 3.30. The minimum absolute atomic E-state index is 0.729. The summed E-state index contributed by atoms with van der Waals surface area (Å²) in [6.45, 7) is 6.52. The molecular weight excluding hydrogens is 332 g/mol. The maximum absolute atomic E-state index is 5.45.